The number of carbonyl (C=O) groups excluding carboxylic acids is 1. The van der Waals surface area contributed by atoms with Crippen LogP contribution in [0, 0.1) is 0 Å². The maximum absolute atomic E-state index is 12.1. The van der Waals surface area contributed by atoms with Crippen LogP contribution < -0.4 is 15.1 Å². The van der Waals surface area contributed by atoms with Crippen LogP contribution in [0.3, 0.4) is 0 Å². The van der Waals surface area contributed by atoms with Gasteiger partial charge in [-0.3, -0.25) is 4.79 Å². The van der Waals surface area contributed by atoms with Crippen LogP contribution in [-0.4, -0.2) is 64.6 Å². The van der Waals surface area contributed by atoms with Crippen LogP contribution in [0.25, 0.3) is 0 Å². The molecule has 0 unspecified atom stereocenters. The maximum atomic E-state index is 12.1. The number of amides is 1. The van der Waals surface area contributed by atoms with E-state index in [0.29, 0.717) is 13.0 Å². The van der Waals surface area contributed by atoms with E-state index in [0.717, 1.165) is 36.9 Å². The fourth-order valence-corrected chi connectivity index (χ4v) is 5.20. The molecule has 0 aliphatic carbocycles. The normalized spacial score (nSPS) is 24.0. The Labute approximate surface area is 147 Å². The summed E-state index contributed by atoms with van der Waals surface area (Å²) in [4.78, 5) is 15.6. The third-order valence-corrected chi connectivity index (χ3v) is 6.66. The zero-order chi connectivity index (χ0) is 17.2. The van der Waals surface area contributed by atoms with Crippen molar-refractivity contribution in [1.29, 1.82) is 0 Å². The van der Waals surface area contributed by atoms with E-state index in [1.807, 2.05) is 24.3 Å². The Balaban J connectivity index is 1.44. The third kappa shape index (κ3) is 4.62. The van der Waals surface area contributed by atoms with E-state index >= 15 is 0 Å². The van der Waals surface area contributed by atoms with Crippen LogP contribution in [0.1, 0.15) is 6.42 Å². The van der Waals surface area contributed by atoms with Gasteiger partial charge in [0.25, 0.3) is 5.91 Å². The number of piperazine rings is 1. The molecule has 2 aliphatic rings. The average molecular weight is 373 g/mol. The summed E-state index contributed by atoms with van der Waals surface area (Å²) in [5.74, 6) is 0.211. The highest BCUT2D eigenvalue weighted by Gasteiger charge is 2.30. The van der Waals surface area contributed by atoms with Crippen molar-refractivity contribution < 1.29 is 18.1 Å². The molecule has 132 valence electrons. The lowest BCUT2D eigenvalue weighted by Gasteiger charge is -2.33. The molecule has 1 amide bonds. The summed E-state index contributed by atoms with van der Waals surface area (Å²) >= 11 is 6.04. The first-order chi connectivity index (χ1) is 11.4. The summed E-state index contributed by atoms with van der Waals surface area (Å²) in [6.45, 7) is 3.91. The zero-order valence-electron chi connectivity index (χ0n) is 13.5. The van der Waals surface area contributed by atoms with Gasteiger partial charge >= 0.3 is 0 Å². The molecule has 24 heavy (non-hydrogen) atoms. The number of sulfone groups is 1. The molecule has 6 nitrogen and oxygen atoms in total. The SMILES string of the molecule is O=C(C[NH+]1CCN(c2cccc(Cl)c2)CC1)N[C@H]1CCS(=O)(=O)C1. The molecule has 0 aromatic heterocycles. The number of halogens is 1. The first-order valence-corrected chi connectivity index (χ1v) is 10.4. The topological polar surface area (TPSA) is 70.9 Å². The molecule has 3 rings (SSSR count). The van der Waals surface area contributed by atoms with Crippen molar-refractivity contribution in [2.24, 2.45) is 0 Å². The van der Waals surface area contributed by atoms with Crippen LogP contribution >= 0.6 is 11.6 Å². The molecular weight excluding hydrogens is 350 g/mol. The molecule has 0 bridgehead atoms. The number of nitrogens with zero attached hydrogens (tertiary/aromatic N) is 1. The molecular formula is C16H23ClN3O3S+. The highest BCUT2D eigenvalue weighted by molar-refractivity contribution is 7.91. The molecule has 2 saturated heterocycles. The minimum absolute atomic E-state index is 0.0525. The standard InChI is InChI=1S/C16H22ClN3O3S/c17-13-2-1-3-15(10-13)20-7-5-19(6-8-20)11-16(21)18-14-4-9-24(22,23)12-14/h1-3,10,14H,4-9,11-12H2,(H,18,21)/p+1/t14-/m0/s1. The lowest BCUT2D eigenvalue weighted by atomic mass is 10.2. The van der Waals surface area contributed by atoms with Crippen molar-refractivity contribution >= 4 is 33.0 Å². The molecule has 1 atom stereocenters. The van der Waals surface area contributed by atoms with Crippen LogP contribution in [0.2, 0.25) is 5.02 Å². The molecule has 2 aliphatic heterocycles. The largest absolute Gasteiger partial charge is 0.360 e. The number of benzene rings is 1. The Kier molecular flexibility index (Phi) is 5.32. The first-order valence-electron chi connectivity index (χ1n) is 8.25. The molecule has 2 heterocycles. The summed E-state index contributed by atoms with van der Waals surface area (Å²) < 4.78 is 22.9. The van der Waals surface area contributed by atoms with Gasteiger partial charge in [-0.1, -0.05) is 17.7 Å². The minimum Gasteiger partial charge on any atom is -0.360 e. The summed E-state index contributed by atoms with van der Waals surface area (Å²) in [5, 5.41) is 3.59. The molecule has 0 spiro atoms. The smallest absolute Gasteiger partial charge is 0.275 e. The van der Waals surface area contributed by atoms with Crippen LogP contribution in [0.4, 0.5) is 5.69 Å². The van der Waals surface area contributed by atoms with Gasteiger partial charge in [0.2, 0.25) is 0 Å². The fourth-order valence-electron chi connectivity index (χ4n) is 3.35. The Morgan fingerprint density at radius 1 is 1.33 bits per heavy atom. The van der Waals surface area contributed by atoms with E-state index in [1.54, 1.807) is 0 Å². The Hall–Kier alpha value is -1.31. The molecule has 8 heteroatoms. The predicted molar refractivity (Wildman–Crippen MR) is 94.4 cm³/mol. The predicted octanol–water partition coefficient (Wildman–Crippen LogP) is -0.652. The van der Waals surface area contributed by atoms with Gasteiger partial charge in [-0.25, -0.2) is 8.42 Å². The summed E-state index contributed by atoms with van der Waals surface area (Å²) in [6.07, 6.45) is 0.534. The van der Waals surface area contributed by atoms with E-state index in [-0.39, 0.29) is 23.5 Å². The minimum atomic E-state index is -2.95. The monoisotopic (exact) mass is 372 g/mol. The van der Waals surface area contributed by atoms with Gasteiger partial charge in [0.15, 0.2) is 16.4 Å². The Bertz CT molecular complexity index is 702. The van der Waals surface area contributed by atoms with Gasteiger partial charge in [-0.05, 0) is 24.6 Å². The number of anilines is 1. The lowest BCUT2D eigenvalue weighted by molar-refractivity contribution is -0.892. The van der Waals surface area contributed by atoms with E-state index in [4.69, 9.17) is 11.6 Å². The molecule has 2 fully saturated rings. The molecule has 2 N–H and O–H groups in total. The molecule has 0 saturated carbocycles. The molecule has 0 radical (unpaired) electrons. The third-order valence-electron chi connectivity index (χ3n) is 4.65. The molecule has 1 aromatic carbocycles. The number of nitrogens with one attached hydrogen (secondary N) is 2. The van der Waals surface area contributed by atoms with Gasteiger partial charge in [-0.2, -0.15) is 0 Å². The lowest BCUT2D eigenvalue weighted by Crippen LogP contribution is -3.16. The number of quaternary nitrogens is 1. The Morgan fingerprint density at radius 3 is 2.71 bits per heavy atom. The second kappa shape index (κ2) is 7.29. The van der Waals surface area contributed by atoms with Gasteiger partial charge in [-0.15, -0.1) is 0 Å². The van der Waals surface area contributed by atoms with Crippen molar-refractivity contribution in [3.05, 3.63) is 29.3 Å². The second-order valence-corrected chi connectivity index (χ2v) is 9.23. The van der Waals surface area contributed by atoms with E-state index < -0.39 is 9.84 Å². The summed E-state index contributed by atoms with van der Waals surface area (Å²) in [6, 6.07) is 7.60. The quantitative estimate of drug-likeness (QED) is 0.736. The maximum Gasteiger partial charge on any atom is 0.275 e. The van der Waals surface area contributed by atoms with E-state index in [1.165, 1.54) is 4.90 Å². The average Bonchev–Trinajstić information content (AvgIpc) is 2.86. The number of hydrogen-bond donors (Lipinski definition) is 2. The molecule has 1 aromatic rings. The zero-order valence-corrected chi connectivity index (χ0v) is 15.1. The summed E-state index contributed by atoms with van der Waals surface area (Å²) in [7, 11) is -2.95. The van der Waals surface area contributed by atoms with Gasteiger partial charge in [0.1, 0.15) is 0 Å². The van der Waals surface area contributed by atoms with Crippen molar-refractivity contribution in [2.75, 3.05) is 49.1 Å². The highest BCUT2D eigenvalue weighted by atomic mass is 35.5. The highest BCUT2D eigenvalue weighted by Crippen LogP contribution is 2.19. The van der Waals surface area contributed by atoms with Crippen molar-refractivity contribution in [3.63, 3.8) is 0 Å². The van der Waals surface area contributed by atoms with Crippen LogP contribution in [0.15, 0.2) is 24.3 Å². The second-order valence-electron chi connectivity index (χ2n) is 6.56. The first kappa shape index (κ1) is 17.5. The number of carbonyl (C=O) groups is 1. The van der Waals surface area contributed by atoms with Crippen molar-refractivity contribution in [1.82, 2.24) is 5.32 Å². The summed E-state index contributed by atoms with van der Waals surface area (Å²) in [5.41, 5.74) is 1.11. The van der Waals surface area contributed by atoms with Crippen molar-refractivity contribution in [2.45, 2.75) is 12.5 Å². The van der Waals surface area contributed by atoms with Crippen LogP contribution in [-0.2, 0) is 14.6 Å². The van der Waals surface area contributed by atoms with E-state index in [2.05, 4.69) is 10.2 Å². The van der Waals surface area contributed by atoms with Gasteiger partial charge < -0.3 is 15.1 Å². The van der Waals surface area contributed by atoms with Crippen molar-refractivity contribution in [3.8, 4) is 0 Å². The Morgan fingerprint density at radius 2 is 2.08 bits per heavy atom. The van der Waals surface area contributed by atoms with Crippen LogP contribution in [0.5, 0.6) is 0 Å². The van der Waals surface area contributed by atoms with Gasteiger partial charge in [0.05, 0.1) is 37.7 Å². The number of hydrogen-bond acceptors (Lipinski definition) is 4. The number of rotatable bonds is 4. The van der Waals surface area contributed by atoms with Gasteiger partial charge in [0, 0.05) is 16.8 Å². The van der Waals surface area contributed by atoms with E-state index in [9.17, 15) is 13.2 Å². The fraction of sp³-hybridized carbons (Fsp3) is 0.562.